The predicted molar refractivity (Wildman–Crippen MR) is 69.3 cm³/mol. The Hall–Kier alpha value is -1.42. The highest BCUT2D eigenvalue weighted by Gasteiger charge is 2.22. The number of Topliss-reactive ketones (excluding diaryl/α,β-unsaturated/α-hetero) is 1. The highest BCUT2D eigenvalue weighted by atomic mass is 19.1. The first-order chi connectivity index (χ1) is 8.51. The van der Waals surface area contributed by atoms with Gasteiger partial charge in [0, 0.05) is 18.0 Å². The lowest BCUT2D eigenvalue weighted by molar-refractivity contribution is 0.0891. The molecule has 0 saturated carbocycles. The number of nitrogens with two attached hydrogens (primary N) is 1. The highest BCUT2D eigenvalue weighted by molar-refractivity contribution is 5.98. The molecule has 0 aliphatic heterocycles. The predicted octanol–water partition coefficient (Wildman–Crippen LogP) is 2.64. The minimum atomic E-state index is -0.512. The van der Waals surface area contributed by atoms with Gasteiger partial charge >= 0.3 is 0 Å². The largest absolute Gasteiger partial charge is 0.491 e. The smallest absolute Gasteiger partial charge is 0.167 e. The van der Waals surface area contributed by atoms with Gasteiger partial charge in [0.25, 0.3) is 0 Å². The second-order valence-electron chi connectivity index (χ2n) is 4.53. The van der Waals surface area contributed by atoms with E-state index in [2.05, 4.69) is 0 Å². The zero-order valence-corrected chi connectivity index (χ0v) is 11.1. The van der Waals surface area contributed by atoms with Gasteiger partial charge in [0.1, 0.15) is 0 Å². The van der Waals surface area contributed by atoms with Gasteiger partial charge in [-0.25, -0.2) is 4.39 Å². The van der Waals surface area contributed by atoms with Crippen molar-refractivity contribution in [3.8, 4) is 5.75 Å². The second-order valence-corrected chi connectivity index (χ2v) is 4.53. The number of halogens is 1. The molecule has 1 rings (SSSR count). The van der Waals surface area contributed by atoms with Crippen molar-refractivity contribution < 1.29 is 13.9 Å². The van der Waals surface area contributed by atoms with Crippen LogP contribution in [0.5, 0.6) is 5.75 Å². The molecule has 0 heterocycles. The maximum absolute atomic E-state index is 13.7. The minimum absolute atomic E-state index is 0.116. The average molecular weight is 253 g/mol. The molecule has 1 unspecified atom stereocenters. The van der Waals surface area contributed by atoms with Crippen LogP contribution in [0.25, 0.3) is 0 Å². The summed E-state index contributed by atoms with van der Waals surface area (Å²) in [6.45, 7) is 6.30. The van der Waals surface area contributed by atoms with Gasteiger partial charge in [-0.3, -0.25) is 4.79 Å². The van der Waals surface area contributed by atoms with E-state index in [1.165, 1.54) is 12.1 Å². The van der Waals surface area contributed by atoms with Gasteiger partial charge in [-0.1, -0.05) is 13.8 Å². The normalized spacial score (nSPS) is 12.6. The van der Waals surface area contributed by atoms with Crippen molar-refractivity contribution in [3.05, 3.63) is 29.6 Å². The molecule has 100 valence electrons. The topological polar surface area (TPSA) is 52.3 Å². The molecule has 0 aliphatic rings. The molecule has 0 amide bonds. The van der Waals surface area contributed by atoms with Gasteiger partial charge in [0.05, 0.1) is 6.61 Å². The molecule has 1 atom stereocenters. The molecule has 0 bridgehead atoms. The summed E-state index contributed by atoms with van der Waals surface area (Å²) in [5, 5.41) is 0. The molecule has 2 N–H and O–H groups in total. The monoisotopic (exact) mass is 253 g/mol. The molecule has 0 saturated heterocycles. The van der Waals surface area contributed by atoms with Gasteiger partial charge < -0.3 is 10.5 Å². The van der Waals surface area contributed by atoms with E-state index in [0.29, 0.717) is 12.2 Å². The van der Waals surface area contributed by atoms with E-state index in [0.717, 1.165) is 0 Å². The maximum atomic E-state index is 13.7. The molecule has 0 fully saturated rings. The van der Waals surface area contributed by atoms with Crippen molar-refractivity contribution >= 4 is 5.78 Å². The number of rotatable bonds is 6. The number of ether oxygens (including phenoxy) is 1. The SMILES string of the molecule is CCOc1ccc(C(=O)C(CN)C(C)C)cc1F. The van der Waals surface area contributed by atoms with Crippen LogP contribution in [0.1, 0.15) is 31.1 Å². The summed E-state index contributed by atoms with van der Waals surface area (Å²) in [7, 11) is 0. The van der Waals surface area contributed by atoms with E-state index in [1.807, 2.05) is 13.8 Å². The van der Waals surface area contributed by atoms with Crippen LogP contribution in [0.15, 0.2) is 18.2 Å². The van der Waals surface area contributed by atoms with Crippen LogP contribution in [0, 0.1) is 17.7 Å². The van der Waals surface area contributed by atoms with Crippen molar-refractivity contribution in [2.45, 2.75) is 20.8 Å². The Morgan fingerprint density at radius 2 is 2.11 bits per heavy atom. The number of carbonyl (C=O) groups is 1. The Labute approximate surface area is 107 Å². The van der Waals surface area contributed by atoms with E-state index in [-0.39, 0.29) is 29.9 Å². The zero-order chi connectivity index (χ0) is 13.7. The molecule has 0 spiro atoms. The van der Waals surface area contributed by atoms with Crippen molar-refractivity contribution in [2.24, 2.45) is 17.6 Å². The summed E-state index contributed by atoms with van der Waals surface area (Å²) in [4.78, 5) is 12.2. The third-order valence-electron chi connectivity index (χ3n) is 2.91. The van der Waals surface area contributed by atoms with Crippen molar-refractivity contribution in [1.82, 2.24) is 0 Å². The van der Waals surface area contributed by atoms with E-state index in [4.69, 9.17) is 10.5 Å². The number of hydrogen-bond acceptors (Lipinski definition) is 3. The van der Waals surface area contributed by atoms with Gasteiger partial charge in [-0.15, -0.1) is 0 Å². The Morgan fingerprint density at radius 1 is 1.44 bits per heavy atom. The fourth-order valence-electron chi connectivity index (χ4n) is 1.82. The first-order valence-electron chi connectivity index (χ1n) is 6.17. The number of hydrogen-bond donors (Lipinski definition) is 1. The molecule has 3 nitrogen and oxygen atoms in total. The van der Waals surface area contributed by atoms with Crippen LogP contribution in [0.4, 0.5) is 4.39 Å². The van der Waals surface area contributed by atoms with Gasteiger partial charge in [0.2, 0.25) is 0 Å². The number of carbonyl (C=O) groups excluding carboxylic acids is 1. The van der Waals surface area contributed by atoms with Crippen LogP contribution < -0.4 is 10.5 Å². The second kappa shape index (κ2) is 6.50. The standard InChI is InChI=1S/C14H20FNO2/c1-4-18-13-6-5-10(7-12(13)15)14(17)11(8-16)9(2)3/h5-7,9,11H,4,8,16H2,1-3H3. The number of ketones is 1. The first kappa shape index (κ1) is 14.6. The Balaban J connectivity index is 2.96. The molecular weight excluding hydrogens is 233 g/mol. The molecule has 0 aromatic heterocycles. The van der Waals surface area contributed by atoms with E-state index in [1.54, 1.807) is 13.0 Å². The van der Waals surface area contributed by atoms with Crippen LogP contribution in [0.2, 0.25) is 0 Å². The lowest BCUT2D eigenvalue weighted by atomic mass is 9.88. The highest BCUT2D eigenvalue weighted by Crippen LogP contribution is 2.22. The lowest BCUT2D eigenvalue weighted by Gasteiger charge is -2.17. The zero-order valence-electron chi connectivity index (χ0n) is 11.1. The quantitative estimate of drug-likeness (QED) is 0.793. The third kappa shape index (κ3) is 3.29. The summed E-state index contributed by atoms with van der Waals surface area (Å²) in [5.74, 6) is -0.598. The van der Waals surface area contributed by atoms with Crippen LogP contribution in [0.3, 0.4) is 0 Å². The fourth-order valence-corrected chi connectivity index (χ4v) is 1.82. The van der Waals surface area contributed by atoms with Crippen molar-refractivity contribution in [3.63, 3.8) is 0 Å². The van der Waals surface area contributed by atoms with Gasteiger partial charge in [0.15, 0.2) is 17.3 Å². The van der Waals surface area contributed by atoms with Gasteiger partial charge in [-0.05, 0) is 31.0 Å². The van der Waals surface area contributed by atoms with E-state index in [9.17, 15) is 9.18 Å². The Bertz CT molecular complexity index is 418. The van der Waals surface area contributed by atoms with Crippen LogP contribution >= 0.6 is 0 Å². The Morgan fingerprint density at radius 3 is 2.56 bits per heavy atom. The Kier molecular flexibility index (Phi) is 5.28. The minimum Gasteiger partial charge on any atom is -0.491 e. The summed E-state index contributed by atoms with van der Waals surface area (Å²) in [6, 6.07) is 4.29. The van der Waals surface area contributed by atoms with Crippen molar-refractivity contribution in [2.75, 3.05) is 13.2 Å². The third-order valence-corrected chi connectivity index (χ3v) is 2.91. The van der Waals surface area contributed by atoms with E-state index < -0.39 is 5.82 Å². The van der Waals surface area contributed by atoms with Crippen molar-refractivity contribution in [1.29, 1.82) is 0 Å². The maximum Gasteiger partial charge on any atom is 0.167 e. The summed E-state index contributed by atoms with van der Waals surface area (Å²) in [5.41, 5.74) is 5.94. The van der Waals surface area contributed by atoms with E-state index >= 15 is 0 Å². The number of benzene rings is 1. The summed E-state index contributed by atoms with van der Waals surface area (Å²) >= 11 is 0. The molecule has 1 aromatic carbocycles. The summed E-state index contributed by atoms with van der Waals surface area (Å²) < 4.78 is 18.8. The average Bonchev–Trinajstić information content (AvgIpc) is 2.32. The summed E-state index contributed by atoms with van der Waals surface area (Å²) in [6.07, 6.45) is 0. The van der Waals surface area contributed by atoms with Crippen LogP contribution in [-0.2, 0) is 0 Å². The molecule has 0 aliphatic carbocycles. The molecule has 1 aromatic rings. The van der Waals surface area contributed by atoms with Crippen LogP contribution in [-0.4, -0.2) is 18.9 Å². The first-order valence-corrected chi connectivity index (χ1v) is 6.17. The molecule has 18 heavy (non-hydrogen) atoms. The lowest BCUT2D eigenvalue weighted by Crippen LogP contribution is -2.28. The fraction of sp³-hybridized carbons (Fsp3) is 0.500. The molecule has 4 heteroatoms. The van der Waals surface area contributed by atoms with Gasteiger partial charge in [-0.2, -0.15) is 0 Å². The molecule has 0 radical (unpaired) electrons. The molecular formula is C14H20FNO2.